The molecular formula is C7H15F3N2. The van der Waals surface area contributed by atoms with Crippen LogP contribution in [0.25, 0.3) is 0 Å². The minimum absolute atomic E-state index is 0.147. The van der Waals surface area contributed by atoms with E-state index in [1.165, 1.54) is 0 Å². The van der Waals surface area contributed by atoms with Crippen molar-refractivity contribution >= 4 is 0 Å². The van der Waals surface area contributed by atoms with Crippen molar-refractivity contribution in [1.82, 2.24) is 5.32 Å². The lowest BCUT2D eigenvalue weighted by Gasteiger charge is -2.06. The normalized spacial score (nSPS) is 12.0. The minimum atomic E-state index is -4.02. The van der Waals surface area contributed by atoms with Crippen molar-refractivity contribution in [2.45, 2.75) is 25.4 Å². The summed E-state index contributed by atoms with van der Waals surface area (Å²) >= 11 is 0. The maximum absolute atomic E-state index is 11.6. The fourth-order valence-corrected chi connectivity index (χ4v) is 0.766. The maximum atomic E-state index is 11.6. The van der Waals surface area contributed by atoms with Crippen molar-refractivity contribution in [3.05, 3.63) is 0 Å². The number of nitrogens with two attached hydrogens (primary N) is 1. The molecule has 0 spiro atoms. The van der Waals surface area contributed by atoms with E-state index in [9.17, 15) is 13.2 Å². The third-order valence-electron chi connectivity index (χ3n) is 1.37. The molecule has 0 saturated carbocycles. The highest BCUT2D eigenvalue weighted by atomic mass is 19.4. The molecule has 0 amide bonds. The zero-order chi connectivity index (χ0) is 9.45. The molecule has 0 heterocycles. The molecule has 0 atom stereocenters. The Morgan fingerprint density at radius 3 is 2.17 bits per heavy atom. The van der Waals surface area contributed by atoms with Crippen LogP contribution in [0.3, 0.4) is 0 Å². The van der Waals surface area contributed by atoms with Gasteiger partial charge in [0.2, 0.25) is 0 Å². The van der Waals surface area contributed by atoms with E-state index in [-0.39, 0.29) is 6.42 Å². The van der Waals surface area contributed by atoms with Crippen LogP contribution in [0, 0.1) is 0 Å². The molecule has 0 aromatic rings. The highest BCUT2D eigenvalue weighted by Crippen LogP contribution is 2.20. The lowest BCUT2D eigenvalue weighted by Crippen LogP contribution is -2.21. The molecule has 5 heteroatoms. The topological polar surface area (TPSA) is 38.0 Å². The predicted molar refractivity (Wildman–Crippen MR) is 41.8 cm³/mol. The third-order valence-corrected chi connectivity index (χ3v) is 1.37. The molecule has 0 fully saturated rings. The van der Waals surface area contributed by atoms with E-state index < -0.39 is 12.6 Å². The largest absolute Gasteiger partial charge is 0.389 e. The van der Waals surface area contributed by atoms with Gasteiger partial charge in [-0.05, 0) is 32.5 Å². The van der Waals surface area contributed by atoms with Gasteiger partial charge in [0.05, 0.1) is 0 Å². The van der Waals surface area contributed by atoms with Crippen molar-refractivity contribution in [1.29, 1.82) is 0 Å². The molecule has 0 aliphatic rings. The SMILES string of the molecule is NCCCNCCCC(F)(F)F. The second-order valence-electron chi connectivity index (χ2n) is 2.61. The van der Waals surface area contributed by atoms with Crippen LogP contribution in [0.4, 0.5) is 13.2 Å². The molecule has 0 radical (unpaired) electrons. The summed E-state index contributed by atoms with van der Waals surface area (Å²) < 4.78 is 34.7. The van der Waals surface area contributed by atoms with E-state index in [1.807, 2.05) is 0 Å². The van der Waals surface area contributed by atoms with Crippen LogP contribution in [-0.2, 0) is 0 Å². The number of halogens is 3. The van der Waals surface area contributed by atoms with Gasteiger partial charge in [-0.3, -0.25) is 0 Å². The Balaban J connectivity index is 3.01. The molecule has 2 nitrogen and oxygen atoms in total. The van der Waals surface area contributed by atoms with Gasteiger partial charge in [-0.2, -0.15) is 13.2 Å². The van der Waals surface area contributed by atoms with Crippen LogP contribution in [0.1, 0.15) is 19.3 Å². The van der Waals surface area contributed by atoms with Crippen LogP contribution in [0.5, 0.6) is 0 Å². The lowest BCUT2D eigenvalue weighted by atomic mass is 10.3. The van der Waals surface area contributed by atoms with Crippen molar-refractivity contribution in [3.8, 4) is 0 Å². The molecule has 74 valence electrons. The summed E-state index contributed by atoms with van der Waals surface area (Å²) in [7, 11) is 0. The first-order valence-corrected chi connectivity index (χ1v) is 4.04. The van der Waals surface area contributed by atoms with Crippen molar-refractivity contribution in [3.63, 3.8) is 0 Å². The van der Waals surface area contributed by atoms with E-state index in [4.69, 9.17) is 5.73 Å². The van der Waals surface area contributed by atoms with Crippen LogP contribution < -0.4 is 11.1 Å². The molecule has 0 unspecified atom stereocenters. The van der Waals surface area contributed by atoms with Crippen LogP contribution in [0.2, 0.25) is 0 Å². The van der Waals surface area contributed by atoms with E-state index in [0.29, 0.717) is 19.6 Å². The second-order valence-corrected chi connectivity index (χ2v) is 2.61. The van der Waals surface area contributed by atoms with Crippen molar-refractivity contribution in [2.75, 3.05) is 19.6 Å². The first-order valence-electron chi connectivity index (χ1n) is 4.04. The van der Waals surface area contributed by atoms with Gasteiger partial charge in [-0.15, -0.1) is 0 Å². The van der Waals surface area contributed by atoms with E-state index in [1.54, 1.807) is 0 Å². The molecule has 12 heavy (non-hydrogen) atoms. The standard InChI is InChI=1S/C7H15F3N2/c8-7(9,10)3-1-5-12-6-2-4-11/h12H,1-6,11H2. The molecular weight excluding hydrogens is 169 g/mol. The zero-order valence-electron chi connectivity index (χ0n) is 6.95. The highest BCUT2D eigenvalue weighted by Gasteiger charge is 2.25. The quantitative estimate of drug-likeness (QED) is 0.610. The average molecular weight is 184 g/mol. The van der Waals surface area contributed by atoms with E-state index in [0.717, 1.165) is 6.42 Å². The fourth-order valence-electron chi connectivity index (χ4n) is 0.766. The van der Waals surface area contributed by atoms with Gasteiger partial charge in [-0.25, -0.2) is 0 Å². The highest BCUT2D eigenvalue weighted by molar-refractivity contribution is 4.54. The van der Waals surface area contributed by atoms with Gasteiger partial charge in [0.15, 0.2) is 0 Å². The fraction of sp³-hybridized carbons (Fsp3) is 1.00. The molecule has 0 aliphatic carbocycles. The number of nitrogens with one attached hydrogen (secondary N) is 1. The first kappa shape index (κ1) is 11.7. The molecule has 0 aliphatic heterocycles. The van der Waals surface area contributed by atoms with Gasteiger partial charge in [0, 0.05) is 6.42 Å². The van der Waals surface area contributed by atoms with Crippen molar-refractivity contribution < 1.29 is 13.2 Å². The molecule has 0 saturated heterocycles. The molecule has 0 bridgehead atoms. The lowest BCUT2D eigenvalue weighted by molar-refractivity contribution is -0.135. The predicted octanol–water partition coefficient (Wildman–Crippen LogP) is 1.27. The summed E-state index contributed by atoms with van der Waals surface area (Å²) in [6, 6.07) is 0. The Morgan fingerprint density at radius 1 is 1.08 bits per heavy atom. The number of alkyl halides is 3. The second kappa shape index (κ2) is 6.25. The summed E-state index contributed by atoms with van der Waals surface area (Å²) in [5.41, 5.74) is 5.19. The Morgan fingerprint density at radius 2 is 1.67 bits per heavy atom. The molecule has 0 aromatic heterocycles. The Kier molecular flexibility index (Phi) is 6.10. The Bertz CT molecular complexity index is 103. The van der Waals surface area contributed by atoms with Crippen LogP contribution in [0.15, 0.2) is 0 Å². The van der Waals surface area contributed by atoms with Crippen LogP contribution >= 0.6 is 0 Å². The molecule has 0 aromatic carbocycles. The molecule has 3 N–H and O–H groups in total. The number of rotatable bonds is 6. The first-order chi connectivity index (χ1) is 5.56. The summed E-state index contributed by atoms with van der Waals surface area (Å²) in [5.74, 6) is 0. The zero-order valence-corrected chi connectivity index (χ0v) is 6.95. The summed E-state index contributed by atoms with van der Waals surface area (Å²) in [6.07, 6.45) is -3.77. The number of hydrogen-bond acceptors (Lipinski definition) is 2. The number of hydrogen-bond donors (Lipinski definition) is 2. The van der Waals surface area contributed by atoms with Crippen LogP contribution in [-0.4, -0.2) is 25.8 Å². The summed E-state index contributed by atoms with van der Waals surface area (Å²) in [6.45, 7) is 1.69. The van der Waals surface area contributed by atoms with E-state index >= 15 is 0 Å². The van der Waals surface area contributed by atoms with Gasteiger partial charge >= 0.3 is 6.18 Å². The Labute approximate surface area is 70.3 Å². The average Bonchev–Trinajstić information content (AvgIpc) is 1.94. The monoisotopic (exact) mass is 184 g/mol. The van der Waals surface area contributed by atoms with E-state index in [2.05, 4.69) is 5.32 Å². The van der Waals surface area contributed by atoms with Gasteiger partial charge < -0.3 is 11.1 Å². The minimum Gasteiger partial charge on any atom is -0.330 e. The smallest absolute Gasteiger partial charge is 0.330 e. The summed E-state index contributed by atoms with van der Waals surface area (Å²) in [5, 5.41) is 2.88. The van der Waals surface area contributed by atoms with Crippen molar-refractivity contribution in [2.24, 2.45) is 5.73 Å². The summed E-state index contributed by atoms with van der Waals surface area (Å²) in [4.78, 5) is 0. The van der Waals surface area contributed by atoms with Gasteiger partial charge in [0.25, 0.3) is 0 Å². The van der Waals surface area contributed by atoms with Gasteiger partial charge in [0.1, 0.15) is 0 Å². The van der Waals surface area contributed by atoms with Gasteiger partial charge in [-0.1, -0.05) is 0 Å². The third kappa shape index (κ3) is 9.71. The Hall–Kier alpha value is -0.290. The maximum Gasteiger partial charge on any atom is 0.389 e. The molecule has 0 rings (SSSR count).